The van der Waals surface area contributed by atoms with Gasteiger partial charge < -0.3 is 19.1 Å². The van der Waals surface area contributed by atoms with E-state index >= 15 is 0 Å². The molecule has 4 heterocycles. The van der Waals surface area contributed by atoms with E-state index in [4.69, 9.17) is 4.52 Å². The number of piperidine rings is 1. The van der Waals surface area contributed by atoms with Gasteiger partial charge in [-0.05, 0) is 43.9 Å². The summed E-state index contributed by atoms with van der Waals surface area (Å²) in [5, 5.41) is 13.9. The second-order valence-electron chi connectivity index (χ2n) is 9.41. The zero-order chi connectivity index (χ0) is 23.2. The number of benzene rings is 1. The van der Waals surface area contributed by atoms with Crippen LogP contribution in [0.2, 0.25) is 0 Å². The molecule has 1 saturated heterocycles. The lowest BCUT2D eigenvalue weighted by atomic mass is 10.1. The topological polar surface area (TPSA) is 102 Å². The Hall–Kier alpha value is -3.11. The fraction of sp³-hybridized carbons (Fsp3) is 0.500. The van der Waals surface area contributed by atoms with E-state index in [2.05, 4.69) is 20.0 Å². The zero-order valence-electron chi connectivity index (χ0n) is 18.9. The Labute approximate surface area is 194 Å². The molecule has 34 heavy (non-hydrogen) atoms. The third-order valence-corrected chi connectivity index (χ3v) is 7.26. The molecule has 4 aromatic rings. The highest BCUT2D eigenvalue weighted by molar-refractivity contribution is 5.83. The van der Waals surface area contributed by atoms with Crippen LogP contribution in [0.4, 0.5) is 4.39 Å². The Kier molecular flexibility index (Phi) is 5.41. The minimum atomic E-state index is -0.402. The molecule has 1 N–H and O–H groups in total. The summed E-state index contributed by atoms with van der Waals surface area (Å²) in [5.74, 6) is 0.767. The van der Waals surface area contributed by atoms with Gasteiger partial charge >= 0.3 is 0 Å². The van der Waals surface area contributed by atoms with Gasteiger partial charge in [0, 0.05) is 32.1 Å². The molecule has 9 nitrogen and oxygen atoms in total. The maximum atomic E-state index is 14.2. The fourth-order valence-corrected chi connectivity index (χ4v) is 5.33. The van der Waals surface area contributed by atoms with E-state index in [1.54, 1.807) is 21.4 Å². The molecular formula is C24H27FN6O3. The van der Waals surface area contributed by atoms with Gasteiger partial charge in [-0.3, -0.25) is 9.20 Å². The second-order valence-corrected chi connectivity index (χ2v) is 9.41. The van der Waals surface area contributed by atoms with Gasteiger partial charge in [0.05, 0.1) is 17.1 Å². The van der Waals surface area contributed by atoms with Crippen molar-refractivity contribution in [2.75, 3.05) is 19.6 Å². The highest BCUT2D eigenvalue weighted by atomic mass is 19.1. The summed E-state index contributed by atoms with van der Waals surface area (Å²) in [5.41, 5.74) is 1.66. The predicted octanol–water partition coefficient (Wildman–Crippen LogP) is 2.95. The number of rotatable bonds is 5. The number of hydrogen-bond acceptors (Lipinski definition) is 7. The van der Waals surface area contributed by atoms with Gasteiger partial charge in [-0.15, -0.1) is 0 Å². The lowest BCUT2D eigenvalue weighted by Crippen LogP contribution is -2.39. The molecule has 0 spiro atoms. The maximum Gasteiger partial charge on any atom is 0.277 e. The Morgan fingerprint density at radius 2 is 1.88 bits per heavy atom. The third kappa shape index (κ3) is 3.70. The Morgan fingerprint density at radius 3 is 2.68 bits per heavy atom. The molecule has 0 atom stereocenters. The zero-order valence-corrected chi connectivity index (χ0v) is 18.9. The molecule has 1 aliphatic heterocycles. The molecule has 0 amide bonds. The van der Waals surface area contributed by atoms with Gasteiger partial charge in [0.1, 0.15) is 23.4 Å². The van der Waals surface area contributed by atoms with E-state index in [0.717, 1.165) is 51.6 Å². The number of likely N-dealkylation sites (tertiary alicyclic amines) is 1. The highest BCUT2D eigenvalue weighted by Crippen LogP contribution is 2.34. The first kappa shape index (κ1) is 21.4. The minimum absolute atomic E-state index is 0.260. The molecule has 1 aromatic carbocycles. The molecular weight excluding hydrogens is 439 g/mol. The fourth-order valence-electron chi connectivity index (χ4n) is 5.33. The van der Waals surface area contributed by atoms with Crippen molar-refractivity contribution < 1.29 is 14.0 Å². The van der Waals surface area contributed by atoms with Crippen LogP contribution in [0.15, 0.2) is 33.8 Å². The van der Waals surface area contributed by atoms with E-state index in [0.29, 0.717) is 47.0 Å². The van der Waals surface area contributed by atoms with Crippen molar-refractivity contribution in [1.29, 1.82) is 0 Å². The number of fused-ring (bicyclic) bond motifs is 3. The Bertz CT molecular complexity index is 1400. The van der Waals surface area contributed by atoms with Crippen LogP contribution < -0.4 is 5.56 Å². The first-order valence-corrected chi connectivity index (χ1v) is 12.0. The largest absolute Gasteiger partial charge is 0.393 e. The number of aliphatic hydroxyl groups is 1. The van der Waals surface area contributed by atoms with Crippen LogP contribution in [0, 0.1) is 5.82 Å². The van der Waals surface area contributed by atoms with E-state index in [9.17, 15) is 14.3 Å². The summed E-state index contributed by atoms with van der Waals surface area (Å²) in [6, 6.07) is 4.44. The van der Waals surface area contributed by atoms with Crippen LogP contribution in [-0.4, -0.2) is 59.8 Å². The van der Waals surface area contributed by atoms with Crippen LogP contribution in [0.5, 0.6) is 0 Å². The Morgan fingerprint density at radius 1 is 1.09 bits per heavy atom. The standard InChI is InChI=1S/C24H27FN6O3/c25-16-5-6-18-19(13-16)30(12-11-29-9-7-17(32)8-10-29)24(33)21-20(26-14-31(18)21)22-27-23(34-28-22)15-3-1-2-4-15/h5-6,13-15,17,32H,1-4,7-12H2. The summed E-state index contributed by atoms with van der Waals surface area (Å²) < 4.78 is 23.0. The molecule has 3 aromatic heterocycles. The normalized spacial score (nSPS) is 18.5. The molecule has 0 bridgehead atoms. The van der Waals surface area contributed by atoms with Crippen LogP contribution in [0.3, 0.4) is 0 Å². The van der Waals surface area contributed by atoms with Crippen LogP contribution in [0.25, 0.3) is 28.1 Å². The van der Waals surface area contributed by atoms with Crippen LogP contribution in [-0.2, 0) is 6.54 Å². The van der Waals surface area contributed by atoms with Gasteiger partial charge in [-0.1, -0.05) is 18.0 Å². The van der Waals surface area contributed by atoms with Gasteiger partial charge in [-0.2, -0.15) is 4.98 Å². The van der Waals surface area contributed by atoms with E-state index < -0.39 is 5.82 Å². The molecule has 0 unspecified atom stereocenters. The van der Waals surface area contributed by atoms with Crippen LogP contribution >= 0.6 is 0 Å². The van der Waals surface area contributed by atoms with E-state index in [1.807, 2.05) is 0 Å². The first-order valence-electron chi connectivity index (χ1n) is 12.0. The molecule has 10 heteroatoms. The average Bonchev–Trinajstić information content (AvgIpc) is 3.59. The lowest BCUT2D eigenvalue weighted by Gasteiger charge is -2.29. The van der Waals surface area contributed by atoms with Crippen molar-refractivity contribution in [2.45, 2.75) is 57.1 Å². The molecule has 6 rings (SSSR count). The number of aromatic nitrogens is 5. The number of halogens is 1. The molecule has 2 fully saturated rings. The summed E-state index contributed by atoms with van der Waals surface area (Å²) >= 11 is 0. The number of aliphatic hydroxyl groups excluding tert-OH is 1. The van der Waals surface area contributed by atoms with Crippen molar-refractivity contribution in [3.05, 3.63) is 46.6 Å². The quantitative estimate of drug-likeness (QED) is 0.483. The third-order valence-electron chi connectivity index (χ3n) is 7.26. The van der Waals surface area contributed by atoms with Crippen molar-refractivity contribution in [2.24, 2.45) is 0 Å². The van der Waals surface area contributed by atoms with Gasteiger partial charge in [-0.25, -0.2) is 9.37 Å². The summed E-state index contributed by atoms with van der Waals surface area (Å²) in [6.45, 7) is 2.58. The molecule has 178 valence electrons. The van der Waals surface area contributed by atoms with Gasteiger partial charge in [0.2, 0.25) is 11.7 Å². The van der Waals surface area contributed by atoms with Crippen LogP contribution in [0.1, 0.15) is 50.3 Å². The van der Waals surface area contributed by atoms with Crippen molar-refractivity contribution in [1.82, 2.24) is 29.0 Å². The summed E-state index contributed by atoms with van der Waals surface area (Å²) in [4.78, 5) is 25.0. The summed E-state index contributed by atoms with van der Waals surface area (Å²) in [7, 11) is 0. The SMILES string of the molecule is O=c1c2c(-c3noc(C4CCCC4)n3)ncn2c2ccc(F)cc2n1CCN1CCC(O)CC1. The van der Waals surface area contributed by atoms with E-state index in [1.165, 1.54) is 12.1 Å². The second kappa shape index (κ2) is 8.59. The minimum Gasteiger partial charge on any atom is -0.393 e. The number of nitrogens with zero attached hydrogens (tertiary/aromatic N) is 6. The monoisotopic (exact) mass is 466 g/mol. The summed E-state index contributed by atoms with van der Waals surface area (Å²) in [6.07, 6.45) is 7.11. The number of imidazole rings is 1. The lowest BCUT2D eigenvalue weighted by molar-refractivity contribution is 0.0810. The number of hydrogen-bond donors (Lipinski definition) is 1. The highest BCUT2D eigenvalue weighted by Gasteiger charge is 2.26. The molecule has 1 aliphatic carbocycles. The Balaban J connectivity index is 1.43. The maximum absolute atomic E-state index is 14.2. The van der Waals surface area contributed by atoms with Crippen molar-refractivity contribution in [3.8, 4) is 11.5 Å². The van der Waals surface area contributed by atoms with Crippen molar-refractivity contribution in [3.63, 3.8) is 0 Å². The first-order chi connectivity index (χ1) is 16.6. The predicted molar refractivity (Wildman–Crippen MR) is 123 cm³/mol. The molecule has 2 aliphatic rings. The average molecular weight is 467 g/mol. The van der Waals surface area contributed by atoms with Gasteiger partial charge in [0.25, 0.3) is 5.56 Å². The molecule has 1 saturated carbocycles. The van der Waals surface area contributed by atoms with E-state index in [-0.39, 0.29) is 17.6 Å². The van der Waals surface area contributed by atoms with Crippen molar-refractivity contribution >= 4 is 16.6 Å². The molecule has 0 radical (unpaired) electrons. The van der Waals surface area contributed by atoms with Gasteiger partial charge in [0.15, 0.2) is 0 Å². The smallest absolute Gasteiger partial charge is 0.277 e.